The molecular formula is C4H4F12Sn. The summed E-state index contributed by atoms with van der Waals surface area (Å²) in [5.41, 5.74) is 0. The maximum Gasteiger partial charge on any atom is 0.379 e. The van der Waals surface area contributed by atoms with Crippen molar-refractivity contribution in [3.63, 3.8) is 0 Å². The Morgan fingerprint density at radius 3 is 0.294 bits per heavy atom. The molecule has 0 unspecified atom stereocenters. The molecule has 17 heavy (non-hydrogen) atoms. The molecule has 4 radical (unpaired) electrons. The molecule has 0 aromatic heterocycles. The van der Waals surface area contributed by atoms with Crippen molar-refractivity contribution in [1.82, 2.24) is 0 Å². The van der Waals surface area contributed by atoms with Crippen LogP contribution in [-0.4, -0.2) is 50.6 Å². The van der Waals surface area contributed by atoms with Crippen molar-refractivity contribution < 1.29 is 52.7 Å². The van der Waals surface area contributed by atoms with E-state index < -0.39 is 26.7 Å². The zero-order chi connectivity index (χ0) is 14.3. The fourth-order valence-corrected chi connectivity index (χ4v) is 0. The van der Waals surface area contributed by atoms with E-state index in [2.05, 4.69) is 0 Å². The molecule has 0 aromatic rings. The zero-order valence-corrected chi connectivity index (χ0v) is 10.2. The average molecular weight is 399 g/mol. The van der Waals surface area contributed by atoms with Crippen LogP contribution in [0.25, 0.3) is 0 Å². The fraction of sp³-hybridized carbons (Fsp3) is 1.00. The first-order chi connectivity index (χ1) is 6.93. The summed E-state index contributed by atoms with van der Waals surface area (Å²) in [5.74, 6) is 0. The van der Waals surface area contributed by atoms with Crippen molar-refractivity contribution in [3.8, 4) is 0 Å². The SMILES string of the molecule is FC(F)F.FC(F)F.FC(F)F.FC(F)F.[Sn]. The number of rotatable bonds is 0. The van der Waals surface area contributed by atoms with Crippen molar-refractivity contribution in [2.75, 3.05) is 0 Å². The molecule has 13 heteroatoms. The first kappa shape index (κ1) is 30.2. The Morgan fingerprint density at radius 1 is 0.294 bits per heavy atom. The van der Waals surface area contributed by atoms with Crippen LogP contribution in [0.2, 0.25) is 0 Å². The third-order valence-corrected chi connectivity index (χ3v) is 0. The second kappa shape index (κ2) is 25.0. The summed E-state index contributed by atoms with van der Waals surface area (Å²) in [6, 6.07) is 0. The number of hydrogen-bond acceptors (Lipinski definition) is 0. The van der Waals surface area contributed by atoms with E-state index in [0.29, 0.717) is 0 Å². The summed E-state index contributed by atoms with van der Waals surface area (Å²) in [5, 5.41) is 0. The van der Waals surface area contributed by atoms with E-state index in [-0.39, 0.29) is 23.9 Å². The van der Waals surface area contributed by atoms with E-state index in [9.17, 15) is 52.7 Å². The summed E-state index contributed by atoms with van der Waals surface area (Å²) in [6.45, 7) is -14.7. The van der Waals surface area contributed by atoms with E-state index in [1.54, 1.807) is 0 Å². The van der Waals surface area contributed by atoms with Crippen LogP contribution in [0.15, 0.2) is 0 Å². The van der Waals surface area contributed by atoms with Gasteiger partial charge in [-0.15, -0.1) is 0 Å². The maximum atomic E-state index is 9.67. The van der Waals surface area contributed by atoms with Gasteiger partial charge in [0.2, 0.25) is 0 Å². The number of alkyl halides is 12. The zero-order valence-electron chi connectivity index (χ0n) is 7.34. The molecule has 0 fully saturated rings. The van der Waals surface area contributed by atoms with Crippen LogP contribution in [0.3, 0.4) is 0 Å². The molecule has 0 atom stereocenters. The predicted molar refractivity (Wildman–Crippen MR) is 34.2 cm³/mol. The predicted octanol–water partition coefficient (Wildman–Crippen LogP) is 4.33. The van der Waals surface area contributed by atoms with Crippen molar-refractivity contribution in [2.45, 2.75) is 26.7 Å². The maximum absolute atomic E-state index is 9.67. The Morgan fingerprint density at radius 2 is 0.294 bits per heavy atom. The van der Waals surface area contributed by atoms with Gasteiger partial charge in [-0.2, -0.15) is 52.7 Å². The van der Waals surface area contributed by atoms with E-state index in [1.165, 1.54) is 0 Å². The molecule has 108 valence electrons. The summed E-state index contributed by atoms with van der Waals surface area (Å²) in [4.78, 5) is 0. The van der Waals surface area contributed by atoms with Gasteiger partial charge in [-0.25, -0.2) is 0 Å². The molecule has 0 aliphatic carbocycles. The monoisotopic (exact) mass is 400 g/mol. The van der Waals surface area contributed by atoms with E-state index in [1.807, 2.05) is 0 Å². The van der Waals surface area contributed by atoms with Crippen molar-refractivity contribution >= 4 is 23.9 Å². The molecule has 0 heterocycles. The topological polar surface area (TPSA) is 0 Å². The minimum atomic E-state index is -3.67. The van der Waals surface area contributed by atoms with Crippen LogP contribution in [0.4, 0.5) is 52.7 Å². The second-order valence-electron chi connectivity index (χ2n) is 0.990. The van der Waals surface area contributed by atoms with Crippen LogP contribution in [0, 0.1) is 0 Å². The summed E-state index contributed by atoms with van der Waals surface area (Å²) in [6.07, 6.45) is 0. The quantitative estimate of drug-likeness (QED) is 0.421. The molecule has 0 aliphatic rings. The molecule has 0 aromatic carbocycles. The smallest absolute Gasteiger partial charge is 0.174 e. The third kappa shape index (κ3) is 1820000. The van der Waals surface area contributed by atoms with E-state index in [0.717, 1.165) is 0 Å². The average Bonchev–Trinajstić information content (AvgIpc) is 1.76. The molecule has 0 nitrogen and oxygen atoms in total. The van der Waals surface area contributed by atoms with Crippen LogP contribution in [0.5, 0.6) is 0 Å². The van der Waals surface area contributed by atoms with Crippen LogP contribution >= 0.6 is 0 Å². The van der Waals surface area contributed by atoms with Gasteiger partial charge in [0.15, 0.2) is 0 Å². The normalized spacial score (nSPS) is 8.47. The summed E-state index contributed by atoms with van der Waals surface area (Å²) in [7, 11) is 0. The van der Waals surface area contributed by atoms with Gasteiger partial charge in [0.05, 0.1) is 0 Å². The second-order valence-corrected chi connectivity index (χ2v) is 0.990. The first-order valence-electron chi connectivity index (χ1n) is 2.62. The van der Waals surface area contributed by atoms with Crippen LogP contribution in [-0.2, 0) is 0 Å². The Labute approximate surface area is 104 Å². The van der Waals surface area contributed by atoms with Gasteiger partial charge >= 0.3 is 26.7 Å². The first-order valence-corrected chi connectivity index (χ1v) is 2.62. The van der Waals surface area contributed by atoms with Crippen LogP contribution in [0.1, 0.15) is 0 Å². The minimum Gasteiger partial charge on any atom is -0.174 e. The molecule has 0 spiro atoms. The molecule has 0 saturated heterocycles. The van der Waals surface area contributed by atoms with Gasteiger partial charge in [0, 0.05) is 23.9 Å². The van der Waals surface area contributed by atoms with Crippen molar-refractivity contribution in [3.05, 3.63) is 0 Å². The number of halogens is 12. The third-order valence-electron chi connectivity index (χ3n) is 0. The summed E-state index contributed by atoms with van der Waals surface area (Å²) >= 11 is 0. The molecular weight excluding hydrogens is 395 g/mol. The fourth-order valence-electron chi connectivity index (χ4n) is 0. The molecule has 0 bridgehead atoms. The van der Waals surface area contributed by atoms with Crippen LogP contribution < -0.4 is 0 Å². The Kier molecular flexibility index (Phi) is 44.4. The largest absolute Gasteiger partial charge is 0.379 e. The molecule has 0 amide bonds. The van der Waals surface area contributed by atoms with Gasteiger partial charge in [-0.3, -0.25) is 0 Å². The van der Waals surface area contributed by atoms with Gasteiger partial charge in [-0.1, -0.05) is 0 Å². The minimum absolute atomic E-state index is 0. The Balaban J connectivity index is -0.0000000369. The molecule has 0 aliphatic heterocycles. The standard InChI is InChI=1S/4CHF3.Sn/c4*2-1(3)4;/h4*1H;. The van der Waals surface area contributed by atoms with Gasteiger partial charge in [0.1, 0.15) is 0 Å². The Hall–Kier alpha value is -0.0413. The molecule has 0 N–H and O–H groups in total. The van der Waals surface area contributed by atoms with Gasteiger partial charge < -0.3 is 0 Å². The van der Waals surface area contributed by atoms with E-state index >= 15 is 0 Å². The van der Waals surface area contributed by atoms with Gasteiger partial charge in [-0.05, 0) is 0 Å². The van der Waals surface area contributed by atoms with E-state index in [4.69, 9.17) is 0 Å². The Bertz CT molecular complexity index is 61.5. The number of hydrogen-bond donors (Lipinski definition) is 0. The molecule has 0 saturated carbocycles. The molecule has 0 rings (SSSR count). The van der Waals surface area contributed by atoms with Crippen molar-refractivity contribution in [1.29, 1.82) is 0 Å². The summed E-state index contributed by atoms with van der Waals surface area (Å²) < 4.78 is 116. The van der Waals surface area contributed by atoms with Crippen molar-refractivity contribution in [2.24, 2.45) is 0 Å². The van der Waals surface area contributed by atoms with Gasteiger partial charge in [0.25, 0.3) is 0 Å².